The molecule has 4 nitrogen and oxygen atoms in total. The van der Waals surface area contributed by atoms with E-state index < -0.39 is 0 Å². The van der Waals surface area contributed by atoms with Gasteiger partial charge in [0.2, 0.25) is 0 Å². The average molecular weight is 286 g/mol. The molecule has 0 aliphatic carbocycles. The molecule has 0 fully saturated rings. The summed E-state index contributed by atoms with van der Waals surface area (Å²) in [7, 11) is 0. The van der Waals surface area contributed by atoms with Gasteiger partial charge in [-0.15, -0.1) is 22.9 Å². The monoisotopic (exact) mass is 285 g/mol. The van der Waals surface area contributed by atoms with Gasteiger partial charge in [0.15, 0.2) is 5.75 Å². The molecule has 0 radical (unpaired) electrons. The Kier molecular flexibility index (Phi) is 4.24. The molecule has 1 atom stereocenters. The van der Waals surface area contributed by atoms with Crippen LogP contribution in [0.3, 0.4) is 0 Å². The van der Waals surface area contributed by atoms with Gasteiger partial charge in [0.1, 0.15) is 11.0 Å². The molecule has 0 aromatic carbocycles. The molecule has 0 aliphatic heterocycles. The van der Waals surface area contributed by atoms with Gasteiger partial charge in [-0.2, -0.15) is 5.10 Å². The molecule has 2 heterocycles. The molecule has 0 saturated heterocycles. The Balaban J connectivity index is 2.12. The first-order valence-corrected chi connectivity index (χ1v) is 7.22. The topological polar surface area (TPSA) is 39.9 Å². The van der Waals surface area contributed by atoms with Crippen LogP contribution in [0.15, 0.2) is 17.8 Å². The van der Waals surface area contributed by atoms with Crippen molar-refractivity contribution in [3.8, 4) is 5.75 Å². The van der Waals surface area contributed by atoms with Crippen LogP contribution < -0.4 is 4.74 Å². The molecule has 0 aliphatic rings. The van der Waals surface area contributed by atoms with Crippen LogP contribution in [0.25, 0.3) is 0 Å². The molecular weight excluding hydrogens is 270 g/mol. The van der Waals surface area contributed by atoms with Crippen LogP contribution in [0, 0.1) is 0 Å². The normalized spacial score (nSPS) is 12.9. The summed E-state index contributed by atoms with van der Waals surface area (Å²) >= 11 is 7.36. The standard InChI is InChI=1S/C12H16ClN3OS/c1-8(2)17-11-5-14-16(6-11)9(3)12-15-10(4-13)7-18-12/h5-9H,4H2,1-3H3. The van der Waals surface area contributed by atoms with Crippen molar-refractivity contribution in [3.63, 3.8) is 0 Å². The summed E-state index contributed by atoms with van der Waals surface area (Å²) < 4.78 is 7.44. The first-order chi connectivity index (χ1) is 8.60. The summed E-state index contributed by atoms with van der Waals surface area (Å²) in [4.78, 5) is 4.46. The van der Waals surface area contributed by atoms with E-state index in [0.29, 0.717) is 5.88 Å². The Morgan fingerprint density at radius 3 is 2.83 bits per heavy atom. The van der Waals surface area contributed by atoms with Crippen molar-refractivity contribution < 1.29 is 4.74 Å². The lowest BCUT2D eigenvalue weighted by Crippen LogP contribution is -2.07. The SMILES string of the molecule is CC(C)Oc1cnn(C(C)c2nc(CCl)cs2)c1. The van der Waals surface area contributed by atoms with E-state index in [2.05, 4.69) is 17.0 Å². The second-order valence-corrected chi connectivity index (χ2v) is 5.47. The van der Waals surface area contributed by atoms with Crippen molar-refractivity contribution in [2.75, 3.05) is 0 Å². The van der Waals surface area contributed by atoms with E-state index in [1.807, 2.05) is 30.1 Å². The van der Waals surface area contributed by atoms with Crippen LogP contribution in [0.1, 0.15) is 37.5 Å². The third-order valence-corrected chi connectivity index (χ3v) is 3.75. The predicted molar refractivity (Wildman–Crippen MR) is 73.5 cm³/mol. The van der Waals surface area contributed by atoms with Gasteiger partial charge in [0.05, 0.1) is 30.1 Å². The highest BCUT2D eigenvalue weighted by Crippen LogP contribution is 2.24. The molecule has 0 amide bonds. The summed E-state index contributed by atoms with van der Waals surface area (Å²) in [5.74, 6) is 1.23. The van der Waals surface area contributed by atoms with Gasteiger partial charge in [0, 0.05) is 5.38 Å². The highest BCUT2D eigenvalue weighted by Gasteiger charge is 2.14. The molecule has 98 valence electrons. The van der Waals surface area contributed by atoms with E-state index in [4.69, 9.17) is 16.3 Å². The molecule has 1 unspecified atom stereocenters. The highest BCUT2D eigenvalue weighted by molar-refractivity contribution is 7.09. The van der Waals surface area contributed by atoms with Crippen molar-refractivity contribution >= 4 is 22.9 Å². The lowest BCUT2D eigenvalue weighted by Gasteiger charge is -2.09. The second-order valence-electron chi connectivity index (χ2n) is 4.31. The smallest absolute Gasteiger partial charge is 0.157 e. The fourth-order valence-electron chi connectivity index (χ4n) is 1.55. The zero-order valence-corrected chi connectivity index (χ0v) is 12.2. The maximum Gasteiger partial charge on any atom is 0.157 e. The number of aromatic nitrogens is 3. The largest absolute Gasteiger partial charge is 0.488 e. The van der Waals surface area contributed by atoms with Gasteiger partial charge in [0.25, 0.3) is 0 Å². The number of thiazole rings is 1. The first kappa shape index (κ1) is 13.4. The molecule has 0 saturated carbocycles. The van der Waals surface area contributed by atoms with E-state index in [0.717, 1.165) is 16.5 Å². The molecule has 2 aromatic heterocycles. The van der Waals surface area contributed by atoms with Gasteiger partial charge < -0.3 is 4.74 Å². The number of halogens is 1. The Labute approximate surface area is 116 Å². The van der Waals surface area contributed by atoms with Crippen LogP contribution in [0.2, 0.25) is 0 Å². The minimum atomic E-state index is 0.0940. The van der Waals surface area contributed by atoms with E-state index in [1.54, 1.807) is 17.5 Å². The van der Waals surface area contributed by atoms with Crippen molar-refractivity contribution in [2.45, 2.75) is 38.8 Å². The maximum absolute atomic E-state index is 5.75. The van der Waals surface area contributed by atoms with Crippen LogP contribution >= 0.6 is 22.9 Å². The fourth-order valence-corrected chi connectivity index (χ4v) is 2.65. The molecule has 0 spiro atoms. The molecule has 2 aromatic rings. The maximum atomic E-state index is 5.75. The number of rotatable bonds is 5. The van der Waals surface area contributed by atoms with Crippen LogP contribution in [-0.4, -0.2) is 20.9 Å². The Bertz CT molecular complexity index is 509. The van der Waals surface area contributed by atoms with Gasteiger partial charge in [-0.1, -0.05) is 0 Å². The van der Waals surface area contributed by atoms with Crippen molar-refractivity contribution in [2.24, 2.45) is 0 Å². The van der Waals surface area contributed by atoms with E-state index >= 15 is 0 Å². The minimum absolute atomic E-state index is 0.0940. The highest BCUT2D eigenvalue weighted by atomic mass is 35.5. The van der Waals surface area contributed by atoms with E-state index in [9.17, 15) is 0 Å². The number of nitrogens with zero attached hydrogens (tertiary/aromatic N) is 3. The van der Waals surface area contributed by atoms with Gasteiger partial charge in [-0.25, -0.2) is 4.98 Å². The number of hydrogen-bond donors (Lipinski definition) is 0. The van der Waals surface area contributed by atoms with Crippen LogP contribution in [0.4, 0.5) is 0 Å². The average Bonchev–Trinajstić information content (AvgIpc) is 2.95. The molecule has 2 rings (SSSR count). The first-order valence-electron chi connectivity index (χ1n) is 5.81. The van der Waals surface area contributed by atoms with Crippen LogP contribution in [-0.2, 0) is 5.88 Å². The summed E-state index contributed by atoms with van der Waals surface area (Å²) in [6.07, 6.45) is 3.78. The van der Waals surface area contributed by atoms with E-state index in [-0.39, 0.29) is 12.1 Å². The van der Waals surface area contributed by atoms with Gasteiger partial charge in [-0.05, 0) is 20.8 Å². The summed E-state index contributed by atoms with van der Waals surface area (Å²) in [6.45, 7) is 6.05. The molecule has 0 N–H and O–H groups in total. The third-order valence-electron chi connectivity index (χ3n) is 2.41. The Morgan fingerprint density at radius 2 is 2.22 bits per heavy atom. The molecule has 6 heteroatoms. The predicted octanol–water partition coefficient (Wildman–Crippen LogP) is 3.47. The quantitative estimate of drug-likeness (QED) is 0.790. The zero-order valence-electron chi connectivity index (χ0n) is 10.6. The van der Waals surface area contributed by atoms with Crippen molar-refractivity contribution in [3.05, 3.63) is 28.5 Å². The zero-order chi connectivity index (χ0) is 13.1. The van der Waals surface area contributed by atoms with Gasteiger partial charge >= 0.3 is 0 Å². The summed E-state index contributed by atoms with van der Waals surface area (Å²) in [5, 5.41) is 7.29. The lowest BCUT2D eigenvalue weighted by atomic mass is 10.3. The third kappa shape index (κ3) is 3.03. The molecule has 18 heavy (non-hydrogen) atoms. The molecule has 0 bridgehead atoms. The number of hydrogen-bond acceptors (Lipinski definition) is 4. The van der Waals surface area contributed by atoms with Crippen molar-refractivity contribution in [1.29, 1.82) is 0 Å². The number of ether oxygens (including phenoxy) is 1. The Hall–Kier alpha value is -1.07. The van der Waals surface area contributed by atoms with Gasteiger partial charge in [-0.3, -0.25) is 4.68 Å². The Morgan fingerprint density at radius 1 is 1.44 bits per heavy atom. The summed E-state index contributed by atoms with van der Waals surface area (Å²) in [6, 6.07) is 0.0940. The van der Waals surface area contributed by atoms with Crippen molar-refractivity contribution in [1.82, 2.24) is 14.8 Å². The lowest BCUT2D eigenvalue weighted by molar-refractivity contribution is 0.242. The number of alkyl halides is 1. The van der Waals surface area contributed by atoms with Crippen LogP contribution in [0.5, 0.6) is 5.75 Å². The second kappa shape index (κ2) is 5.71. The minimum Gasteiger partial charge on any atom is -0.488 e. The fraction of sp³-hybridized carbons (Fsp3) is 0.500. The van der Waals surface area contributed by atoms with E-state index in [1.165, 1.54) is 0 Å². The molecular formula is C12H16ClN3OS. The summed E-state index contributed by atoms with van der Waals surface area (Å²) in [5.41, 5.74) is 0.911.